The van der Waals surface area contributed by atoms with E-state index in [0.29, 0.717) is 0 Å². The topological polar surface area (TPSA) is 0 Å². The van der Waals surface area contributed by atoms with E-state index in [1.54, 1.807) is 0 Å². The maximum absolute atomic E-state index is 2.23. The summed E-state index contributed by atoms with van der Waals surface area (Å²) in [5.41, 5.74) is 1.35. The fourth-order valence-corrected chi connectivity index (χ4v) is 0.969. The predicted molar refractivity (Wildman–Crippen MR) is 50.4 cm³/mol. The fourth-order valence-electron chi connectivity index (χ4n) is 0.969. The van der Waals surface area contributed by atoms with Gasteiger partial charge in [0, 0.05) is 0 Å². The lowest BCUT2D eigenvalue weighted by molar-refractivity contribution is 1.30. The van der Waals surface area contributed by atoms with E-state index in [2.05, 4.69) is 49.5 Å². The van der Waals surface area contributed by atoms with Crippen LogP contribution in [0, 0.1) is 0 Å². The van der Waals surface area contributed by atoms with E-state index in [4.69, 9.17) is 0 Å². The molecule has 0 atom stereocenters. The number of allylic oxidation sites excluding steroid dienone is 8. The molecular weight excluding hydrogens is 132 g/mol. The van der Waals surface area contributed by atoms with Crippen LogP contribution in [0.4, 0.5) is 0 Å². The summed E-state index contributed by atoms with van der Waals surface area (Å²) in [5, 5.41) is 0. The van der Waals surface area contributed by atoms with Crippen molar-refractivity contribution in [1.82, 2.24) is 0 Å². The van der Waals surface area contributed by atoms with Gasteiger partial charge in [0.15, 0.2) is 0 Å². The molecule has 0 aromatic rings. The van der Waals surface area contributed by atoms with Crippen LogP contribution in [-0.4, -0.2) is 0 Å². The molecular formula is C11H14. The van der Waals surface area contributed by atoms with Gasteiger partial charge in [0.25, 0.3) is 0 Å². The Balaban J connectivity index is 2.62. The van der Waals surface area contributed by atoms with Crippen molar-refractivity contribution < 1.29 is 0 Å². The number of rotatable bonds is 0. The Morgan fingerprint density at radius 3 is 2.55 bits per heavy atom. The van der Waals surface area contributed by atoms with Crippen LogP contribution in [0.15, 0.2) is 48.1 Å². The molecule has 0 aromatic heterocycles. The van der Waals surface area contributed by atoms with Crippen molar-refractivity contribution in [3.05, 3.63) is 48.1 Å². The van der Waals surface area contributed by atoms with Crippen LogP contribution in [-0.2, 0) is 0 Å². The van der Waals surface area contributed by atoms with Gasteiger partial charge in [0.2, 0.25) is 0 Å². The van der Waals surface area contributed by atoms with E-state index >= 15 is 0 Å². The third kappa shape index (κ3) is 3.61. The predicted octanol–water partition coefficient (Wildman–Crippen LogP) is 3.40. The van der Waals surface area contributed by atoms with Gasteiger partial charge < -0.3 is 0 Å². The van der Waals surface area contributed by atoms with Crippen LogP contribution in [0.5, 0.6) is 0 Å². The van der Waals surface area contributed by atoms with Crippen LogP contribution >= 0.6 is 0 Å². The molecule has 0 amide bonds. The van der Waals surface area contributed by atoms with Crippen molar-refractivity contribution >= 4 is 0 Å². The van der Waals surface area contributed by atoms with E-state index in [0.717, 1.165) is 12.8 Å². The van der Waals surface area contributed by atoms with Gasteiger partial charge in [-0.15, -0.1) is 0 Å². The zero-order valence-electron chi connectivity index (χ0n) is 6.96. The average Bonchev–Trinajstić information content (AvgIpc) is 2.03. The van der Waals surface area contributed by atoms with Crippen LogP contribution in [0.2, 0.25) is 0 Å². The number of hydrogen-bond acceptors (Lipinski definition) is 0. The van der Waals surface area contributed by atoms with Crippen molar-refractivity contribution in [3.8, 4) is 0 Å². The molecule has 0 saturated carbocycles. The molecule has 0 radical (unpaired) electrons. The molecule has 0 saturated heterocycles. The normalized spacial score (nSPS) is 23.9. The third-order valence-corrected chi connectivity index (χ3v) is 1.61. The summed E-state index contributed by atoms with van der Waals surface area (Å²) in [6, 6.07) is 0. The monoisotopic (exact) mass is 146 g/mol. The minimum absolute atomic E-state index is 1.04. The summed E-state index contributed by atoms with van der Waals surface area (Å²) in [7, 11) is 0. The summed E-state index contributed by atoms with van der Waals surface area (Å²) in [5.74, 6) is 0. The maximum Gasteiger partial charge on any atom is -0.0160 e. The lowest BCUT2D eigenvalue weighted by atomic mass is 10.2. The first-order valence-corrected chi connectivity index (χ1v) is 4.04. The maximum atomic E-state index is 2.23. The highest BCUT2D eigenvalue weighted by atomic mass is 13.9. The van der Waals surface area contributed by atoms with Crippen LogP contribution < -0.4 is 0 Å². The van der Waals surface area contributed by atoms with Gasteiger partial charge in [-0.2, -0.15) is 0 Å². The van der Waals surface area contributed by atoms with Gasteiger partial charge in [0.05, 0.1) is 0 Å². The van der Waals surface area contributed by atoms with Gasteiger partial charge in [-0.05, 0) is 19.8 Å². The standard InChI is InChI=1S/C11H14/c1-11-9-7-5-3-2-4-6-8-10-11/h2-5,8-10H,6-7H2,1H3/b4-2-,5-3-,10-8?,11-9?. The fraction of sp³-hybridized carbons (Fsp3) is 0.273. The Labute approximate surface area is 68.6 Å². The van der Waals surface area contributed by atoms with E-state index < -0.39 is 0 Å². The molecule has 0 aromatic carbocycles. The molecule has 11 heavy (non-hydrogen) atoms. The molecule has 1 aliphatic carbocycles. The van der Waals surface area contributed by atoms with Crippen molar-refractivity contribution in [2.45, 2.75) is 19.8 Å². The van der Waals surface area contributed by atoms with E-state index in [1.165, 1.54) is 5.57 Å². The molecule has 0 nitrogen and oxygen atoms in total. The van der Waals surface area contributed by atoms with Gasteiger partial charge in [0.1, 0.15) is 0 Å². The van der Waals surface area contributed by atoms with Gasteiger partial charge in [-0.25, -0.2) is 0 Å². The van der Waals surface area contributed by atoms with Crippen LogP contribution in [0.25, 0.3) is 0 Å². The molecule has 0 heterocycles. The molecule has 58 valence electrons. The second-order valence-corrected chi connectivity index (χ2v) is 2.68. The summed E-state index contributed by atoms with van der Waals surface area (Å²) in [6.07, 6.45) is 17.2. The first-order chi connectivity index (χ1) is 5.39. The molecule has 0 unspecified atom stereocenters. The zero-order valence-corrected chi connectivity index (χ0v) is 6.96. The van der Waals surface area contributed by atoms with Crippen molar-refractivity contribution in [2.75, 3.05) is 0 Å². The second kappa shape index (κ2) is 4.73. The lowest BCUT2D eigenvalue weighted by Crippen LogP contribution is -1.70. The molecule has 1 rings (SSSR count). The van der Waals surface area contributed by atoms with Crippen molar-refractivity contribution in [2.24, 2.45) is 0 Å². The zero-order chi connectivity index (χ0) is 7.94. The smallest absolute Gasteiger partial charge is 0.0160 e. The molecule has 0 bridgehead atoms. The first-order valence-electron chi connectivity index (χ1n) is 4.04. The van der Waals surface area contributed by atoms with Gasteiger partial charge in [-0.1, -0.05) is 48.1 Å². The summed E-state index contributed by atoms with van der Waals surface area (Å²) in [4.78, 5) is 0. The van der Waals surface area contributed by atoms with Gasteiger partial charge in [-0.3, -0.25) is 0 Å². The highest BCUT2D eigenvalue weighted by Crippen LogP contribution is 2.01. The van der Waals surface area contributed by atoms with Crippen LogP contribution in [0.1, 0.15) is 19.8 Å². The molecule has 1 aliphatic rings. The van der Waals surface area contributed by atoms with E-state index in [9.17, 15) is 0 Å². The highest BCUT2D eigenvalue weighted by molar-refractivity contribution is 5.20. The highest BCUT2D eigenvalue weighted by Gasteiger charge is 1.80. The molecule has 0 spiro atoms. The lowest BCUT2D eigenvalue weighted by Gasteiger charge is -1.91. The Bertz CT molecular complexity index is 214. The van der Waals surface area contributed by atoms with E-state index in [1.807, 2.05) is 0 Å². The van der Waals surface area contributed by atoms with Gasteiger partial charge >= 0.3 is 0 Å². The Morgan fingerprint density at radius 1 is 1.00 bits per heavy atom. The Morgan fingerprint density at radius 2 is 1.73 bits per heavy atom. The molecule has 0 heteroatoms. The number of hydrogen-bond donors (Lipinski definition) is 0. The summed E-state index contributed by atoms with van der Waals surface area (Å²) in [6.45, 7) is 2.13. The second-order valence-electron chi connectivity index (χ2n) is 2.68. The Hall–Kier alpha value is -1.04. The largest absolute Gasteiger partial charge is 0.0808 e. The van der Waals surface area contributed by atoms with Crippen molar-refractivity contribution in [1.29, 1.82) is 0 Å². The quantitative estimate of drug-likeness (QED) is 0.491. The summed E-state index contributed by atoms with van der Waals surface area (Å²) >= 11 is 0. The van der Waals surface area contributed by atoms with Crippen molar-refractivity contribution in [3.63, 3.8) is 0 Å². The molecule has 0 N–H and O–H groups in total. The third-order valence-electron chi connectivity index (χ3n) is 1.61. The Kier molecular flexibility index (Phi) is 3.46. The summed E-state index contributed by atoms with van der Waals surface area (Å²) < 4.78 is 0. The molecule has 0 aliphatic heterocycles. The van der Waals surface area contributed by atoms with Crippen LogP contribution in [0.3, 0.4) is 0 Å². The average molecular weight is 146 g/mol. The minimum Gasteiger partial charge on any atom is -0.0808 e. The molecule has 0 fully saturated rings. The van der Waals surface area contributed by atoms with E-state index in [-0.39, 0.29) is 0 Å². The first kappa shape index (κ1) is 8.06. The SMILES string of the molecule is CC1=CC/C=C\C=C/CC=C1. The minimum atomic E-state index is 1.04.